The van der Waals surface area contributed by atoms with E-state index in [4.69, 9.17) is 5.73 Å². The number of rotatable bonds is 4. The van der Waals surface area contributed by atoms with Gasteiger partial charge in [-0.3, -0.25) is 4.98 Å². The van der Waals surface area contributed by atoms with Crippen molar-refractivity contribution in [2.45, 2.75) is 38.6 Å². The Morgan fingerprint density at radius 3 is 2.69 bits per heavy atom. The average Bonchev–Trinajstić information content (AvgIpc) is 2.15. The Morgan fingerprint density at radius 1 is 1.38 bits per heavy atom. The highest BCUT2D eigenvalue weighted by Crippen LogP contribution is 2.19. The van der Waals surface area contributed by atoms with E-state index in [1.807, 2.05) is 18.5 Å². The fraction of sp³-hybridized carbons (Fsp3) is 0.545. The molecule has 1 aromatic rings. The van der Waals surface area contributed by atoms with Gasteiger partial charge >= 0.3 is 0 Å². The Balaban J connectivity index is 2.44. The summed E-state index contributed by atoms with van der Waals surface area (Å²) in [7, 11) is 0. The first-order valence-corrected chi connectivity index (χ1v) is 4.85. The van der Waals surface area contributed by atoms with Crippen molar-refractivity contribution in [3.05, 3.63) is 30.1 Å². The fourth-order valence-corrected chi connectivity index (χ4v) is 1.35. The van der Waals surface area contributed by atoms with Crippen LogP contribution in [0.4, 0.5) is 0 Å². The molecule has 0 bridgehead atoms. The van der Waals surface area contributed by atoms with Gasteiger partial charge in [-0.15, -0.1) is 0 Å². The zero-order valence-corrected chi connectivity index (χ0v) is 8.40. The van der Waals surface area contributed by atoms with Crippen molar-refractivity contribution < 1.29 is 0 Å². The second-order valence-electron chi connectivity index (χ2n) is 3.74. The third-order valence-corrected chi connectivity index (χ3v) is 2.31. The van der Waals surface area contributed by atoms with Crippen molar-refractivity contribution >= 4 is 0 Å². The zero-order chi connectivity index (χ0) is 9.68. The van der Waals surface area contributed by atoms with Crippen molar-refractivity contribution in [3.63, 3.8) is 0 Å². The third-order valence-electron chi connectivity index (χ3n) is 2.31. The summed E-state index contributed by atoms with van der Waals surface area (Å²) < 4.78 is 0. The molecule has 2 nitrogen and oxygen atoms in total. The second kappa shape index (κ2) is 4.97. The minimum Gasteiger partial charge on any atom is -0.328 e. The van der Waals surface area contributed by atoms with Gasteiger partial charge in [-0.05, 0) is 37.3 Å². The molecule has 2 atom stereocenters. The number of hydrogen-bond donors (Lipinski definition) is 1. The minimum absolute atomic E-state index is 0.305. The maximum absolute atomic E-state index is 5.70. The van der Waals surface area contributed by atoms with Crippen LogP contribution in [0.25, 0.3) is 0 Å². The molecule has 0 saturated carbocycles. The summed E-state index contributed by atoms with van der Waals surface area (Å²) in [5.41, 5.74) is 7.01. The summed E-state index contributed by atoms with van der Waals surface area (Å²) in [6.07, 6.45) is 5.97. The van der Waals surface area contributed by atoms with Crippen molar-refractivity contribution in [1.82, 2.24) is 4.98 Å². The standard InChI is InChI=1S/C11H18N2/c1-9(5-6-10(2)12)11-4-3-7-13-8-11/h3-4,7-10H,5-6,12H2,1-2H3. The minimum atomic E-state index is 0.305. The Labute approximate surface area is 80.2 Å². The lowest BCUT2D eigenvalue weighted by Gasteiger charge is -2.12. The summed E-state index contributed by atoms with van der Waals surface area (Å²) >= 11 is 0. The highest BCUT2D eigenvalue weighted by atomic mass is 14.6. The molecular weight excluding hydrogens is 160 g/mol. The Kier molecular flexibility index (Phi) is 3.90. The smallest absolute Gasteiger partial charge is 0.0302 e. The molecule has 1 rings (SSSR count). The lowest BCUT2D eigenvalue weighted by Crippen LogP contribution is -2.15. The topological polar surface area (TPSA) is 38.9 Å². The van der Waals surface area contributed by atoms with E-state index in [9.17, 15) is 0 Å². The van der Waals surface area contributed by atoms with E-state index in [1.165, 1.54) is 5.56 Å². The van der Waals surface area contributed by atoms with E-state index in [-0.39, 0.29) is 0 Å². The monoisotopic (exact) mass is 178 g/mol. The number of nitrogens with two attached hydrogens (primary N) is 1. The molecule has 0 aliphatic rings. The first kappa shape index (κ1) is 10.2. The molecule has 0 aliphatic heterocycles. The third kappa shape index (κ3) is 3.55. The number of pyridine rings is 1. The zero-order valence-electron chi connectivity index (χ0n) is 8.40. The number of hydrogen-bond acceptors (Lipinski definition) is 2. The van der Waals surface area contributed by atoms with Crippen LogP contribution in [0.5, 0.6) is 0 Å². The van der Waals surface area contributed by atoms with Crippen LogP contribution < -0.4 is 5.73 Å². The van der Waals surface area contributed by atoms with Crippen LogP contribution in [-0.4, -0.2) is 11.0 Å². The highest BCUT2D eigenvalue weighted by Gasteiger charge is 2.05. The summed E-state index contributed by atoms with van der Waals surface area (Å²) in [6, 6.07) is 4.41. The van der Waals surface area contributed by atoms with Crippen LogP contribution >= 0.6 is 0 Å². The molecule has 0 fully saturated rings. The van der Waals surface area contributed by atoms with Crippen LogP contribution in [0.2, 0.25) is 0 Å². The Morgan fingerprint density at radius 2 is 2.15 bits per heavy atom. The Bertz CT molecular complexity index is 231. The number of nitrogens with zero attached hydrogens (tertiary/aromatic N) is 1. The second-order valence-corrected chi connectivity index (χ2v) is 3.74. The molecule has 0 aromatic carbocycles. The number of aromatic nitrogens is 1. The highest BCUT2D eigenvalue weighted by molar-refractivity contribution is 5.13. The first-order chi connectivity index (χ1) is 6.20. The van der Waals surface area contributed by atoms with E-state index < -0.39 is 0 Å². The molecule has 2 unspecified atom stereocenters. The maximum atomic E-state index is 5.70. The lowest BCUT2D eigenvalue weighted by molar-refractivity contribution is 0.568. The van der Waals surface area contributed by atoms with Crippen LogP contribution in [0.3, 0.4) is 0 Å². The van der Waals surface area contributed by atoms with Gasteiger partial charge in [-0.1, -0.05) is 13.0 Å². The van der Waals surface area contributed by atoms with Gasteiger partial charge in [0.05, 0.1) is 0 Å². The summed E-state index contributed by atoms with van der Waals surface area (Å²) in [4.78, 5) is 4.10. The average molecular weight is 178 g/mol. The molecule has 0 saturated heterocycles. The van der Waals surface area contributed by atoms with E-state index >= 15 is 0 Å². The predicted molar refractivity (Wildman–Crippen MR) is 55.5 cm³/mol. The molecule has 2 N–H and O–H groups in total. The molecule has 0 amide bonds. The molecule has 0 aliphatic carbocycles. The molecule has 0 radical (unpaired) electrons. The van der Waals surface area contributed by atoms with Gasteiger partial charge in [0.25, 0.3) is 0 Å². The predicted octanol–water partition coefficient (Wildman–Crippen LogP) is 2.31. The van der Waals surface area contributed by atoms with Gasteiger partial charge in [0.15, 0.2) is 0 Å². The van der Waals surface area contributed by atoms with Gasteiger partial charge in [0.1, 0.15) is 0 Å². The first-order valence-electron chi connectivity index (χ1n) is 4.85. The van der Waals surface area contributed by atoms with E-state index in [2.05, 4.69) is 24.9 Å². The summed E-state index contributed by atoms with van der Waals surface area (Å²) in [5, 5.41) is 0. The van der Waals surface area contributed by atoms with Crippen LogP contribution in [0.1, 0.15) is 38.2 Å². The van der Waals surface area contributed by atoms with Gasteiger partial charge in [0.2, 0.25) is 0 Å². The van der Waals surface area contributed by atoms with Gasteiger partial charge < -0.3 is 5.73 Å². The van der Waals surface area contributed by atoms with Crippen molar-refractivity contribution in [2.75, 3.05) is 0 Å². The van der Waals surface area contributed by atoms with Crippen LogP contribution in [-0.2, 0) is 0 Å². The maximum Gasteiger partial charge on any atom is 0.0302 e. The fourth-order valence-electron chi connectivity index (χ4n) is 1.35. The molecule has 72 valence electrons. The van der Waals surface area contributed by atoms with Crippen molar-refractivity contribution in [3.8, 4) is 0 Å². The van der Waals surface area contributed by atoms with E-state index in [0.29, 0.717) is 12.0 Å². The van der Waals surface area contributed by atoms with Gasteiger partial charge in [-0.25, -0.2) is 0 Å². The SMILES string of the molecule is CC(N)CCC(C)c1cccnc1. The molecule has 1 heterocycles. The van der Waals surface area contributed by atoms with Crippen molar-refractivity contribution in [2.24, 2.45) is 5.73 Å². The van der Waals surface area contributed by atoms with Crippen molar-refractivity contribution in [1.29, 1.82) is 0 Å². The molecule has 2 heteroatoms. The molecule has 0 spiro atoms. The quantitative estimate of drug-likeness (QED) is 0.768. The lowest BCUT2D eigenvalue weighted by atomic mass is 9.96. The largest absolute Gasteiger partial charge is 0.328 e. The normalized spacial score (nSPS) is 15.3. The van der Waals surface area contributed by atoms with Crippen LogP contribution in [0, 0.1) is 0 Å². The summed E-state index contributed by atoms with van der Waals surface area (Å²) in [6.45, 7) is 4.27. The Hall–Kier alpha value is -0.890. The molecular formula is C11H18N2. The molecule has 1 aromatic heterocycles. The van der Waals surface area contributed by atoms with E-state index in [1.54, 1.807) is 0 Å². The van der Waals surface area contributed by atoms with Gasteiger partial charge in [-0.2, -0.15) is 0 Å². The molecule has 13 heavy (non-hydrogen) atoms. The van der Waals surface area contributed by atoms with E-state index in [0.717, 1.165) is 12.8 Å². The summed E-state index contributed by atoms with van der Waals surface area (Å²) in [5.74, 6) is 0.569. The van der Waals surface area contributed by atoms with Crippen LogP contribution in [0.15, 0.2) is 24.5 Å². The van der Waals surface area contributed by atoms with Gasteiger partial charge in [0, 0.05) is 18.4 Å².